The van der Waals surface area contributed by atoms with Crippen LogP contribution in [0, 0.1) is 0 Å². The van der Waals surface area contributed by atoms with Crippen molar-refractivity contribution < 1.29 is 174 Å². The van der Waals surface area contributed by atoms with Gasteiger partial charge in [-0.15, -0.1) is 0 Å². The second-order valence-electron chi connectivity index (χ2n) is 19.5. The van der Waals surface area contributed by atoms with Crippen LogP contribution in [0.25, 0.3) is 0 Å². The number of rotatable bonds is 9. The fourth-order valence-electron chi connectivity index (χ4n) is 9.87. The van der Waals surface area contributed by atoms with Crippen molar-refractivity contribution in [2.24, 2.45) is 0 Å². The Kier molecular flexibility index (Phi) is 22.4. The fraction of sp³-hybridized carbons (Fsp3) is 1.00. The summed E-state index contributed by atoms with van der Waals surface area (Å²) in [6.45, 7) is -6.50. The Morgan fingerprint density at radius 2 is 0.468 bits per heavy atom. The Hall–Kier alpha value is -1.40. The van der Waals surface area contributed by atoms with E-state index < -0.39 is 255 Å². The van der Waals surface area contributed by atoms with Crippen molar-refractivity contribution >= 4 is 0 Å². The molecule has 0 radical (unpaired) electrons. The van der Waals surface area contributed by atoms with Gasteiger partial charge in [0.15, 0.2) is 37.7 Å². The lowest BCUT2D eigenvalue weighted by Gasteiger charge is -2.50. The quantitative estimate of drug-likeness (QED) is 0.0953. The number of ether oxygens (including phenoxy) is 12. The molecule has 0 aromatic rings. The molecular weight excluding hydrogens is 1060 g/mol. The summed E-state index contributed by atoms with van der Waals surface area (Å²) in [5.41, 5.74) is 0. The van der Waals surface area contributed by atoms with Gasteiger partial charge in [-0.1, -0.05) is 0 Å². The van der Waals surface area contributed by atoms with E-state index in [4.69, 9.17) is 66.6 Å². The standard InChI is InChI=1S/C42H72O35/c1-9(50)17(51)35-16(8-49)76-77-36-15(7-48)69-42(29(63)23(36)57)74-34-13(5-46)67-40(27(61)21(34)55)72-32-11(3-44)65-38(25(59)19(32)53)70-30-10(2-43)64-37(24(58)18(30)52)71-31-12(4-45)66-39(26(60)20(31)54)73-33-14(6-47)68-41(75-35)28(62)22(33)56/h9-63H,2-8H2,1H3/t9-,10?,11?,12?,13?,14?,15?,16?,17?,18?,19?,20?,21?,22?,23?,24?,25?,26?,27?,28?,29?,30?,31?,32?,33?,34?,35?,36?,37?,38?,39?,40?,41?,42?/m1/s1. The lowest BCUT2D eigenvalue weighted by Crippen LogP contribution is -2.68. The van der Waals surface area contributed by atoms with Crippen LogP contribution < -0.4 is 0 Å². The topological polar surface area (TPSA) is 554 Å². The molecule has 77 heavy (non-hydrogen) atoms. The average Bonchev–Trinajstić information content (AvgIpc) is 3.43. The van der Waals surface area contributed by atoms with Gasteiger partial charge in [0.05, 0.1) is 52.4 Å². The molecule has 35 heteroatoms. The second-order valence-corrected chi connectivity index (χ2v) is 19.5. The SMILES string of the molecule is C[C@@H](O)C(O)C1OC2OC(CO)C(OC3OC(CO)C(OC4OC(CO)C(OC5OC(CO)C(OC6OC(CO)C(OC7OC(CO)C(OOC1CO)C(O)C7O)C(O)C6O)C(O)C5O)C(O)C4O)C(O)C3O)C(O)C2O. The van der Waals surface area contributed by atoms with Gasteiger partial charge in [0.2, 0.25) is 0 Å². The van der Waals surface area contributed by atoms with E-state index in [9.17, 15) is 107 Å². The highest BCUT2D eigenvalue weighted by Crippen LogP contribution is 2.38. The van der Waals surface area contributed by atoms with Crippen molar-refractivity contribution in [3.05, 3.63) is 0 Å². The molecule has 0 aromatic carbocycles. The van der Waals surface area contributed by atoms with Crippen molar-refractivity contribution in [2.45, 2.75) is 216 Å². The Bertz CT molecular complexity index is 1770. The molecule has 35 nitrogen and oxygen atoms in total. The summed E-state index contributed by atoms with van der Waals surface area (Å²) in [6, 6.07) is 0. The van der Waals surface area contributed by atoms with Crippen molar-refractivity contribution in [1.82, 2.24) is 0 Å². The predicted molar refractivity (Wildman–Crippen MR) is 230 cm³/mol. The third kappa shape index (κ3) is 13.0. The molecule has 12 bridgehead atoms. The maximum Gasteiger partial charge on any atom is 0.187 e. The van der Waals surface area contributed by atoms with Crippen LogP contribution in [-0.2, 0) is 66.6 Å². The van der Waals surface area contributed by atoms with Gasteiger partial charge >= 0.3 is 0 Å². The van der Waals surface area contributed by atoms with Crippen LogP contribution in [0.5, 0.6) is 0 Å². The zero-order valence-corrected chi connectivity index (χ0v) is 40.7. The third-order valence-electron chi connectivity index (χ3n) is 14.3. The number of hydrogen-bond acceptors (Lipinski definition) is 35. The van der Waals surface area contributed by atoms with Crippen molar-refractivity contribution in [3.8, 4) is 0 Å². The van der Waals surface area contributed by atoms with Gasteiger partial charge in [0.25, 0.3) is 0 Å². The van der Waals surface area contributed by atoms with E-state index in [1.54, 1.807) is 0 Å². The molecule has 0 spiro atoms. The van der Waals surface area contributed by atoms with Gasteiger partial charge in [-0.25, -0.2) is 9.78 Å². The van der Waals surface area contributed by atoms with Crippen LogP contribution in [0.1, 0.15) is 6.92 Å². The monoisotopic (exact) mass is 1140 g/mol. The Morgan fingerprint density at radius 3 is 0.688 bits per heavy atom. The highest BCUT2D eigenvalue weighted by atomic mass is 17.2. The number of aliphatic hydroxyl groups excluding tert-OH is 21. The molecule has 0 amide bonds. The zero-order valence-electron chi connectivity index (χ0n) is 40.7. The van der Waals surface area contributed by atoms with Crippen LogP contribution >= 0.6 is 0 Å². The fourth-order valence-corrected chi connectivity index (χ4v) is 9.87. The molecule has 16 aliphatic heterocycles. The first-order chi connectivity index (χ1) is 36.6. The van der Waals surface area contributed by atoms with Crippen molar-refractivity contribution in [3.63, 3.8) is 0 Å². The normalized spacial score (nSPS) is 52.6. The summed E-state index contributed by atoms with van der Waals surface area (Å²) >= 11 is 0. The minimum atomic E-state index is -2.27. The van der Waals surface area contributed by atoms with Crippen molar-refractivity contribution in [1.29, 1.82) is 0 Å². The largest absolute Gasteiger partial charge is 0.394 e. The molecule has 450 valence electrons. The van der Waals surface area contributed by atoms with Gasteiger partial charge in [0, 0.05) is 0 Å². The minimum Gasteiger partial charge on any atom is -0.394 e. The molecule has 16 heterocycles. The second kappa shape index (κ2) is 27.3. The maximum absolute atomic E-state index is 11.4. The molecule has 34 atom stereocenters. The van der Waals surface area contributed by atoms with Crippen LogP contribution in [0.15, 0.2) is 0 Å². The average molecular weight is 1140 g/mol. The predicted octanol–water partition coefficient (Wildman–Crippen LogP) is -14.6. The number of aliphatic hydroxyl groups is 21. The van der Waals surface area contributed by atoms with Crippen LogP contribution in [-0.4, -0.2) is 362 Å². The lowest BCUT2D eigenvalue weighted by molar-refractivity contribution is -0.434. The Balaban J connectivity index is 1.19. The smallest absolute Gasteiger partial charge is 0.187 e. The molecule has 16 saturated heterocycles. The van der Waals surface area contributed by atoms with E-state index in [1.807, 2.05) is 0 Å². The molecule has 16 aliphatic rings. The van der Waals surface area contributed by atoms with Gasteiger partial charge in [-0.3, -0.25) is 0 Å². The molecule has 0 aromatic heterocycles. The summed E-state index contributed by atoms with van der Waals surface area (Å²) in [6.07, 6.45) is -68.6. The molecule has 16 fully saturated rings. The maximum atomic E-state index is 11.4. The zero-order chi connectivity index (χ0) is 56.5. The molecule has 0 saturated carbocycles. The third-order valence-corrected chi connectivity index (χ3v) is 14.3. The van der Waals surface area contributed by atoms with Gasteiger partial charge in [-0.2, -0.15) is 0 Å². The first-order valence-electron chi connectivity index (χ1n) is 24.6. The van der Waals surface area contributed by atoms with Crippen LogP contribution in [0.2, 0.25) is 0 Å². The first kappa shape index (κ1) is 63.2. The van der Waals surface area contributed by atoms with Crippen molar-refractivity contribution in [2.75, 3.05) is 46.2 Å². The van der Waals surface area contributed by atoms with E-state index in [2.05, 4.69) is 0 Å². The molecule has 16 rings (SSSR count). The highest BCUT2D eigenvalue weighted by molar-refractivity contribution is 5.00. The molecule has 21 N–H and O–H groups in total. The summed E-state index contributed by atoms with van der Waals surface area (Å²) in [5.74, 6) is 0. The molecule has 0 aliphatic carbocycles. The summed E-state index contributed by atoms with van der Waals surface area (Å²) in [4.78, 5) is 10.6. The lowest BCUT2D eigenvalue weighted by atomic mass is 9.95. The first-order valence-corrected chi connectivity index (χ1v) is 24.6. The van der Waals surface area contributed by atoms with E-state index in [0.29, 0.717) is 0 Å². The van der Waals surface area contributed by atoms with E-state index >= 15 is 0 Å². The van der Waals surface area contributed by atoms with Crippen LogP contribution in [0.4, 0.5) is 0 Å². The van der Waals surface area contributed by atoms with E-state index in [-0.39, 0.29) is 0 Å². The van der Waals surface area contributed by atoms with E-state index in [1.165, 1.54) is 0 Å². The summed E-state index contributed by atoms with van der Waals surface area (Å²) in [7, 11) is 0. The molecular formula is C42H72O35. The van der Waals surface area contributed by atoms with Crippen LogP contribution in [0.3, 0.4) is 0 Å². The summed E-state index contributed by atoms with van der Waals surface area (Å²) in [5, 5.41) is 229. The Morgan fingerprint density at radius 1 is 0.260 bits per heavy atom. The highest BCUT2D eigenvalue weighted by Gasteiger charge is 2.58. The molecule has 33 unspecified atom stereocenters. The summed E-state index contributed by atoms with van der Waals surface area (Å²) < 4.78 is 68.1. The number of hydrogen-bond donors (Lipinski definition) is 21. The van der Waals surface area contributed by atoms with E-state index in [0.717, 1.165) is 6.92 Å². The van der Waals surface area contributed by atoms with Gasteiger partial charge in [-0.05, 0) is 6.92 Å². The van der Waals surface area contributed by atoms with Gasteiger partial charge < -0.3 is 164 Å². The van der Waals surface area contributed by atoms with Gasteiger partial charge in [0.1, 0.15) is 165 Å². The Labute approximate surface area is 435 Å². The minimum absolute atomic E-state index is 1.05.